The van der Waals surface area contributed by atoms with Crippen LogP contribution in [0.5, 0.6) is 0 Å². The van der Waals surface area contributed by atoms with E-state index in [0.717, 1.165) is 19.4 Å². The Hall–Kier alpha value is -0.610. The molecular weight excluding hydrogens is 226 g/mol. The second-order valence-corrected chi connectivity index (χ2v) is 5.46. The quantitative estimate of drug-likeness (QED) is 0.691. The highest BCUT2D eigenvalue weighted by molar-refractivity contribution is 5.81. The van der Waals surface area contributed by atoms with Crippen molar-refractivity contribution >= 4 is 5.91 Å². The van der Waals surface area contributed by atoms with Gasteiger partial charge in [-0.1, -0.05) is 13.3 Å². The predicted octanol–water partition coefficient (Wildman–Crippen LogP) is 1.49. The number of carbonyl (C=O) groups is 1. The van der Waals surface area contributed by atoms with E-state index >= 15 is 0 Å². The van der Waals surface area contributed by atoms with E-state index in [2.05, 4.69) is 24.1 Å². The van der Waals surface area contributed by atoms with Gasteiger partial charge in [0.15, 0.2) is 0 Å². The highest BCUT2D eigenvalue weighted by Crippen LogP contribution is 2.26. The van der Waals surface area contributed by atoms with Gasteiger partial charge in [0.25, 0.3) is 0 Å². The number of carbonyl (C=O) groups excluding carboxylic acids is 1. The van der Waals surface area contributed by atoms with Crippen LogP contribution in [0.1, 0.15) is 52.9 Å². The van der Waals surface area contributed by atoms with E-state index in [1.807, 2.05) is 6.92 Å². The van der Waals surface area contributed by atoms with Crippen LogP contribution in [0.2, 0.25) is 0 Å². The van der Waals surface area contributed by atoms with Crippen LogP contribution in [0.3, 0.4) is 0 Å². The summed E-state index contributed by atoms with van der Waals surface area (Å²) < 4.78 is 0. The smallest absolute Gasteiger partial charge is 0.237 e. The average Bonchev–Trinajstić information content (AvgIpc) is 2.30. The van der Waals surface area contributed by atoms with E-state index in [9.17, 15) is 4.79 Å². The Kier molecular flexibility index (Phi) is 6.65. The minimum Gasteiger partial charge on any atom is -0.352 e. The lowest BCUT2D eigenvalue weighted by atomic mass is 9.90. The van der Waals surface area contributed by atoms with Crippen molar-refractivity contribution in [2.75, 3.05) is 13.1 Å². The predicted molar refractivity (Wildman–Crippen MR) is 75.4 cm³/mol. The summed E-state index contributed by atoms with van der Waals surface area (Å²) in [6.07, 6.45) is 5.70. The SMILES string of the molecule is CCC(C)NC(=O)C(C)N(CCCN)C1CCC1. The molecule has 18 heavy (non-hydrogen) atoms. The third-order valence-corrected chi connectivity index (χ3v) is 4.04. The number of nitrogens with zero attached hydrogens (tertiary/aromatic N) is 1. The number of rotatable bonds is 8. The molecule has 2 unspecified atom stereocenters. The number of nitrogens with one attached hydrogen (secondary N) is 1. The summed E-state index contributed by atoms with van der Waals surface area (Å²) in [6.45, 7) is 7.80. The van der Waals surface area contributed by atoms with Crippen LogP contribution in [0.4, 0.5) is 0 Å². The molecule has 1 aliphatic carbocycles. The lowest BCUT2D eigenvalue weighted by Crippen LogP contribution is -2.53. The Labute approximate surface area is 111 Å². The van der Waals surface area contributed by atoms with Crippen molar-refractivity contribution < 1.29 is 4.79 Å². The van der Waals surface area contributed by atoms with E-state index in [1.165, 1.54) is 19.3 Å². The van der Waals surface area contributed by atoms with E-state index in [4.69, 9.17) is 5.73 Å². The Morgan fingerprint density at radius 2 is 2.11 bits per heavy atom. The van der Waals surface area contributed by atoms with Gasteiger partial charge in [-0.15, -0.1) is 0 Å². The topological polar surface area (TPSA) is 58.4 Å². The second-order valence-electron chi connectivity index (χ2n) is 5.46. The standard InChI is InChI=1S/C14H29N3O/c1-4-11(2)16-14(18)12(3)17(10-6-9-15)13-7-5-8-13/h11-13H,4-10,15H2,1-3H3,(H,16,18). The molecule has 0 aromatic rings. The van der Waals surface area contributed by atoms with Crippen molar-refractivity contribution in [3.8, 4) is 0 Å². The van der Waals surface area contributed by atoms with E-state index < -0.39 is 0 Å². The van der Waals surface area contributed by atoms with Crippen molar-refractivity contribution in [3.05, 3.63) is 0 Å². The Balaban J connectivity index is 2.51. The van der Waals surface area contributed by atoms with E-state index in [-0.39, 0.29) is 18.0 Å². The van der Waals surface area contributed by atoms with Crippen LogP contribution in [-0.4, -0.2) is 42.0 Å². The zero-order valence-corrected chi connectivity index (χ0v) is 12.1. The molecule has 0 radical (unpaired) electrons. The van der Waals surface area contributed by atoms with Crippen molar-refractivity contribution in [1.29, 1.82) is 0 Å². The van der Waals surface area contributed by atoms with Gasteiger partial charge in [0.2, 0.25) is 5.91 Å². The van der Waals surface area contributed by atoms with Crippen molar-refractivity contribution in [2.24, 2.45) is 5.73 Å². The average molecular weight is 255 g/mol. The van der Waals surface area contributed by atoms with Gasteiger partial charge >= 0.3 is 0 Å². The van der Waals surface area contributed by atoms with Crippen LogP contribution in [0.15, 0.2) is 0 Å². The molecule has 1 rings (SSSR count). The molecule has 1 aliphatic rings. The molecule has 0 heterocycles. The molecular formula is C14H29N3O. The van der Waals surface area contributed by atoms with Crippen LogP contribution >= 0.6 is 0 Å². The van der Waals surface area contributed by atoms with Crippen LogP contribution in [0, 0.1) is 0 Å². The third-order valence-electron chi connectivity index (χ3n) is 4.04. The summed E-state index contributed by atoms with van der Waals surface area (Å²) in [6, 6.07) is 0.822. The fourth-order valence-electron chi connectivity index (χ4n) is 2.30. The number of hydrogen-bond donors (Lipinski definition) is 2. The van der Waals surface area contributed by atoms with Gasteiger partial charge in [0.05, 0.1) is 6.04 Å². The molecule has 4 heteroatoms. The molecule has 1 fully saturated rings. The normalized spacial score (nSPS) is 19.4. The molecule has 0 spiro atoms. The zero-order valence-electron chi connectivity index (χ0n) is 12.1. The van der Waals surface area contributed by atoms with Gasteiger partial charge in [-0.05, 0) is 46.1 Å². The molecule has 2 atom stereocenters. The molecule has 0 saturated heterocycles. The summed E-state index contributed by atoms with van der Waals surface area (Å²) in [5.41, 5.74) is 5.59. The molecule has 4 nitrogen and oxygen atoms in total. The van der Waals surface area contributed by atoms with Gasteiger partial charge in [-0.25, -0.2) is 0 Å². The number of nitrogens with two attached hydrogens (primary N) is 1. The second kappa shape index (κ2) is 7.74. The first-order valence-electron chi connectivity index (χ1n) is 7.36. The summed E-state index contributed by atoms with van der Waals surface area (Å²) in [5, 5.41) is 3.08. The monoisotopic (exact) mass is 255 g/mol. The fraction of sp³-hybridized carbons (Fsp3) is 0.929. The lowest BCUT2D eigenvalue weighted by Gasteiger charge is -2.41. The molecule has 3 N–H and O–H groups in total. The number of hydrogen-bond acceptors (Lipinski definition) is 3. The van der Waals surface area contributed by atoms with Crippen LogP contribution in [-0.2, 0) is 4.79 Å². The summed E-state index contributed by atoms with van der Waals surface area (Å²) in [5.74, 6) is 0.160. The largest absolute Gasteiger partial charge is 0.352 e. The molecule has 1 amide bonds. The van der Waals surface area contributed by atoms with Crippen molar-refractivity contribution in [2.45, 2.75) is 71.0 Å². The van der Waals surface area contributed by atoms with Gasteiger partial charge < -0.3 is 11.1 Å². The van der Waals surface area contributed by atoms with Gasteiger partial charge in [-0.2, -0.15) is 0 Å². The maximum Gasteiger partial charge on any atom is 0.237 e. The highest BCUT2D eigenvalue weighted by Gasteiger charge is 2.31. The highest BCUT2D eigenvalue weighted by atomic mass is 16.2. The fourth-order valence-corrected chi connectivity index (χ4v) is 2.30. The van der Waals surface area contributed by atoms with Crippen molar-refractivity contribution in [1.82, 2.24) is 10.2 Å². The zero-order chi connectivity index (χ0) is 13.5. The van der Waals surface area contributed by atoms with Crippen LogP contribution < -0.4 is 11.1 Å². The van der Waals surface area contributed by atoms with Crippen LogP contribution in [0.25, 0.3) is 0 Å². The summed E-state index contributed by atoms with van der Waals surface area (Å²) in [7, 11) is 0. The molecule has 0 aromatic heterocycles. The first-order chi connectivity index (χ1) is 8.60. The maximum absolute atomic E-state index is 12.2. The molecule has 106 valence electrons. The summed E-state index contributed by atoms with van der Waals surface area (Å²) in [4.78, 5) is 14.5. The van der Waals surface area contributed by atoms with E-state index in [1.54, 1.807) is 0 Å². The minimum absolute atomic E-state index is 0.0316. The Bertz CT molecular complexity index is 253. The third kappa shape index (κ3) is 4.25. The van der Waals surface area contributed by atoms with Gasteiger partial charge in [-0.3, -0.25) is 9.69 Å². The first-order valence-corrected chi connectivity index (χ1v) is 7.36. The Morgan fingerprint density at radius 3 is 2.56 bits per heavy atom. The number of amides is 1. The Morgan fingerprint density at radius 1 is 1.44 bits per heavy atom. The molecule has 0 bridgehead atoms. The van der Waals surface area contributed by atoms with Gasteiger partial charge in [0, 0.05) is 18.6 Å². The lowest BCUT2D eigenvalue weighted by molar-refractivity contribution is -0.128. The minimum atomic E-state index is -0.0316. The molecule has 1 saturated carbocycles. The van der Waals surface area contributed by atoms with Crippen molar-refractivity contribution in [3.63, 3.8) is 0 Å². The summed E-state index contributed by atoms with van der Waals surface area (Å²) >= 11 is 0. The molecule has 0 aliphatic heterocycles. The maximum atomic E-state index is 12.2. The van der Waals surface area contributed by atoms with E-state index in [0.29, 0.717) is 12.6 Å². The first kappa shape index (κ1) is 15.4. The van der Waals surface area contributed by atoms with Gasteiger partial charge in [0.1, 0.15) is 0 Å². The molecule has 0 aromatic carbocycles.